The highest BCUT2D eigenvalue weighted by atomic mass is 16.4. The summed E-state index contributed by atoms with van der Waals surface area (Å²) in [6, 6.07) is 2.09. The van der Waals surface area contributed by atoms with Crippen LogP contribution in [0, 0.1) is 0 Å². The lowest BCUT2D eigenvalue weighted by molar-refractivity contribution is 0.318. The van der Waals surface area contributed by atoms with Crippen LogP contribution in [0.4, 0.5) is 5.82 Å². The summed E-state index contributed by atoms with van der Waals surface area (Å²) in [7, 11) is 2.13. The van der Waals surface area contributed by atoms with E-state index in [-0.39, 0.29) is 5.84 Å². The molecule has 0 saturated carbocycles. The van der Waals surface area contributed by atoms with Crippen molar-refractivity contribution in [3.05, 3.63) is 17.8 Å². The number of amidine groups is 1. The first kappa shape index (κ1) is 14.5. The quantitative estimate of drug-likeness (QED) is 0.362. The molecular weight excluding hydrogens is 256 g/mol. The monoisotopic (exact) mass is 278 g/mol. The highest BCUT2D eigenvalue weighted by Crippen LogP contribution is 2.22. The van der Waals surface area contributed by atoms with E-state index in [1.54, 1.807) is 12.3 Å². The Morgan fingerprint density at radius 3 is 3.05 bits per heavy atom. The van der Waals surface area contributed by atoms with E-state index in [4.69, 9.17) is 10.9 Å². The number of nitrogens with zero attached hydrogens (tertiary/aromatic N) is 5. The predicted octanol–water partition coefficient (Wildman–Crippen LogP) is 0.492. The van der Waals surface area contributed by atoms with Crippen LogP contribution in [0.25, 0.3) is 0 Å². The van der Waals surface area contributed by atoms with Crippen LogP contribution in [0.3, 0.4) is 0 Å². The lowest BCUT2D eigenvalue weighted by Crippen LogP contribution is -2.41. The molecule has 3 N–H and O–H groups in total. The number of nitrogens with two attached hydrogens (primary N) is 1. The topological polar surface area (TPSA) is 90.9 Å². The highest BCUT2D eigenvalue weighted by molar-refractivity contribution is 6.01. The summed E-state index contributed by atoms with van der Waals surface area (Å²) in [6.07, 6.45) is 3.62. The third-order valence-electron chi connectivity index (χ3n) is 3.73. The third kappa shape index (κ3) is 2.98. The molecule has 1 aromatic heterocycles. The lowest BCUT2D eigenvalue weighted by atomic mass is 10.1. The molecule has 0 amide bonds. The van der Waals surface area contributed by atoms with Crippen LogP contribution in [0.15, 0.2) is 17.4 Å². The summed E-state index contributed by atoms with van der Waals surface area (Å²) >= 11 is 0. The van der Waals surface area contributed by atoms with Gasteiger partial charge in [-0.05, 0) is 32.5 Å². The molecule has 2 rings (SSSR count). The Morgan fingerprint density at radius 1 is 1.55 bits per heavy atom. The van der Waals surface area contributed by atoms with Crippen LogP contribution >= 0.6 is 0 Å². The second-order valence-electron chi connectivity index (χ2n) is 5.12. The summed E-state index contributed by atoms with van der Waals surface area (Å²) in [6.45, 7) is 5.10. The summed E-state index contributed by atoms with van der Waals surface area (Å²) in [4.78, 5) is 4.55. The Balaban J connectivity index is 2.38. The van der Waals surface area contributed by atoms with Crippen molar-refractivity contribution in [3.63, 3.8) is 0 Å². The van der Waals surface area contributed by atoms with Crippen LogP contribution in [0.2, 0.25) is 0 Å². The summed E-state index contributed by atoms with van der Waals surface area (Å²) in [5.41, 5.74) is 6.38. The molecule has 7 nitrogen and oxygen atoms in total. The summed E-state index contributed by atoms with van der Waals surface area (Å²) in [5, 5.41) is 20.2. The smallest absolute Gasteiger partial charge is 0.173 e. The second-order valence-corrected chi connectivity index (χ2v) is 5.12. The van der Waals surface area contributed by atoms with Crippen LogP contribution in [-0.4, -0.2) is 58.9 Å². The fourth-order valence-corrected chi connectivity index (χ4v) is 2.66. The average molecular weight is 278 g/mol. The molecule has 0 radical (unpaired) electrons. The zero-order valence-electron chi connectivity index (χ0n) is 12.0. The Bertz CT molecular complexity index is 478. The van der Waals surface area contributed by atoms with Gasteiger partial charge in [-0.1, -0.05) is 12.1 Å². The van der Waals surface area contributed by atoms with Crippen molar-refractivity contribution < 1.29 is 5.21 Å². The molecule has 0 bridgehead atoms. The van der Waals surface area contributed by atoms with Gasteiger partial charge in [0.2, 0.25) is 0 Å². The number of likely N-dealkylation sites (N-methyl/N-ethyl adjacent to an activating group) is 1. The number of aromatic nitrogens is 2. The molecule has 1 saturated heterocycles. The van der Waals surface area contributed by atoms with Crippen molar-refractivity contribution in [2.45, 2.75) is 25.8 Å². The van der Waals surface area contributed by atoms with E-state index in [0.29, 0.717) is 17.4 Å². The fraction of sp³-hybridized carbons (Fsp3) is 0.615. The molecule has 1 aromatic rings. The van der Waals surface area contributed by atoms with Gasteiger partial charge in [-0.2, -0.15) is 5.10 Å². The second kappa shape index (κ2) is 6.51. The SMILES string of the molecule is CCC1CN(C)CCCN1c1nnccc1/C(N)=N/O. The van der Waals surface area contributed by atoms with Gasteiger partial charge < -0.3 is 20.7 Å². The van der Waals surface area contributed by atoms with Crippen LogP contribution in [-0.2, 0) is 0 Å². The third-order valence-corrected chi connectivity index (χ3v) is 3.73. The molecule has 1 fully saturated rings. The zero-order chi connectivity index (χ0) is 14.5. The van der Waals surface area contributed by atoms with Gasteiger partial charge in [-0.3, -0.25) is 0 Å². The van der Waals surface area contributed by atoms with E-state index < -0.39 is 0 Å². The lowest BCUT2D eigenvalue weighted by Gasteiger charge is -2.31. The maximum atomic E-state index is 8.92. The van der Waals surface area contributed by atoms with E-state index in [0.717, 1.165) is 32.5 Å². The van der Waals surface area contributed by atoms with E-state index in [2.05, 4.69) is 39.1 Å². The fourth-order valence-electron chi connectivity index (χ4n) is 2.66. The standard InChI is InChI=1S/C13H22N6O/c1-3-10-9-18(2)7-4-8-19(10)13-11(12(14)17-20)5-6-15-16-13/h5-6,10,20H,3-4,7-9H2,1-2H3,(H2,14,17). The van der Waals surface area contributed by atoms with Gasteiger partial charge in [0.15, 0.2) is 11.7 Å². The van der Waals surface area contributed by atoms with Gasteiger partial charge in [-0.25, -0.2) is 0 Å². The largest absolute Gasteiger partial charge is 0.409 e. The molecule has 1 atom stereocenters. The Labute approximate surface area is 119 Å². The van der Waals surface area contributed by atoms with Crippen LogP contribution in [0.1, 0.15) is 25.3 Å². The zero-order valence-corrected chi connectivity index (χ0v) is 12.0. The van der Waals surface area contributed by atoms with Crippen molar-refractivity contribution in [2.75, 3.05) is 31.6 Å². The molecule has 1 aliphatic rings. The maximum absolute atomic E-state index is 8.92. The molecule has 1 aliphatic heterocycles. The number of oxime groups is 1. The normalized spacial score (nSPS) is 21.8. The molecule has 0 spiro atoms. The minimum atomic E-state index is 0.0716. The minimum Gasteiger partial charge on any atom is -0.409 e. The Kier molecular flexibility index (Phi) is 4.73. The van der Waals surface area contributed by atoms with Crippen molar-refractivity contribution >= 4 is 11.7 Å². The van der Waals surface area contributed by atoms with Crippen LogP contribution < -0.4 is 10.6 Å². The van der Waals surface area contributed by atoms with Gasteiger partial charge in [0.25, 0.3) is 0 Å². The Hall–Kier alpha value is -1.89. The first-order chi connectivity index (χ1) is 9.67. The van der Waals surface area contributed by atoms with E-state index in [1.807, 2.05) is 0 Å². The maximum Gasteiger partial charge on any atom is 0.173 e. The number of hydrogen-bond acceptors (Lipinski definition) is 6. The first-order valence-electron chi connectivity index (χ1n) is 6.92. The van der Waals surface area contributed by atoms with Gasteiger partial charge in [0.05, 0.1) is 11.8 Å². The number of rotatable bonds is 3. The molecule has 1 unspecified atom stereocenters. The number of hydrogen-bond donors (Lipinski definition) is 2. The summed E-state index contributed by atoms with van der Waals surface area (Å²) < 4.78 is 0. The molecule has 20 heavy (non-hydrogen) atoms. The molecular formula is C13H22N6O. The minimum absolute atomic E-state index is 0.0716. The van der Waals surface area contributed by atoms with Crippen molar-refractivity contribution in [3.8, 4) is 0 Å². The highest BCUT2D eigenvalue weighted by Gasteiger charge is 2.26. The Morgan fingerprint density at radius 2 is 2.35 bits per heavy atom. The molecule has 2 heterocycles. The molecule has 7 heteroatoms. The van der Waals surface area contributed by atoms with Gasteiger partial charge >= 0.3 is 0 Å². The number of anilines is 1. The van der Waals surface area contributed by atoms with E-state index >= 15 is 0 Å². The average Bonchev–Trinajstić information content (AvgIpc) is 2.67. The van der Waals surface area contributed by atoms with E-state index in [1.165, 1.54) is 0 Å². The summed E-state index contributed by atoms with van der Waals surface area (Å²) in [5.74, 6) is 0.771. The molecule has 0 aromatic carbocycles. The van der Waals surface area contributed by atoms with Gasteiger partial charge in [-0.15, -0.1) is 5.10 Å². The van der Waals surface area contributed by atoms with Gasteiger partial charge in [0, 0.05) is 19.1 Å². The van der Waals surface area contributed by atoms with Crippen LogP contribution in [0.5, 0.6) is 0 Å². The molecule has 110 valence electrons. The predicted molar refractivity (Wildman–Crippen MR) is 78.1 cm³/mol. The first-order valence-corrected chi connectivity index (χ1v) is 6.92. The van der Waals surface area contributed by atoms with Crippen molar-refractivity contribution in [2.24, 2.45) is 10.9 Å². The van der Waals surface area contributed by atoms with Crippen molar-refractivity contribution in [1.82, 2.24) is 15.1 Å². The van der Waals surface area contributed by atoms with Crippen molar-refractivity contribution in [1.29, 1.82) is 0 Å². The van der Waals surface area contributed by atoms with Gasteiger partial charge in [0.1, 0.15) is 0 Å². The van der Waals surface area contributed by atoms with E-state index in [9.17, 15) is 0 Å². The molecule has 0 aliphatic carbocycles.